The zero-order valence-corrected chi connectivity index (χ0v) is 11.4. The number of carbonyl (C=O) groups is 1. The smallest absolute Gasteiger partial charge is 0.330 e. The van der Waals surface area contributed by atoms with Crippen LogP contribution in [0.3, 0.4) is 0 Å². The maximum absolute atomic E-state index is 11.0. The fourth-order valence-electron chi connectivity index (χ4n) is 1.22. The molecule has 4 heteroatoms. The van der Waals surface area contributed by atoms with Gasteiger partial charge in [0.25, 0.3) is 0 Å². The van der Waals surface area contributed by atoms with E-state index < -0.39 is 0 Å². The molecule has 0 aromatic rings. The lowest BCUT2D eigenvalue weighted by molar-refractivity contribution is -0.137. The number of rotatable bonds is 9. The zero-order valence-electron chi connectivity index (χ0n) is 10.6. The molecular weight excluding hydrogens is 222 g/mol. The van der Waals surface area contributed by atoms with Crippen molar-refractivity contribution in [3.8, 4) is 0 Å². The maximum atomic E-state index is 11.0. The molecule has 0 aliphatic heterocycles. The highest BCUT2D eigenvalue weighted by Crippen LogP contribution is 2.01. The van der Waals surface area contributed by atoms with Gasteiger partial charge in [0.1, 0.15) is 0 Å². The lowest BCUT2D eigenvalue weighted by atomic mass is 10.5. The minimum atomic E-state index is -0.244. The van der Waals surface area contributed by atoms with E-state index in [9.17, 15) is 4.79 Å². The molecule has 16 heavy (non-hydrogen) atoms. The number of carbonyl (C=O) groups excluding carboxylic acids is 1. The molecule has 0 radical (unpaired) electrons. The Bertz CT molecular complexity index is 203. The van der Waals surface area contributed by atoms with Crippen molar-refractivity contribution in [1.82, 2.24) is 4.90 Å². The van der Waals surface area contributed by atoms with Crippen LogP contribution < -0.4 is 0 Å². The highest BCUT2D eigenvalue weighted by Gasteiger charge is 1.97. The summed E-state index contributed by atoms with van der Waals surface area (Å²) < 4.78 is 4.78. The third-order valence-corrected chi connectivity index (χ3v) is 3.10. The van der Waals surface area contributed by atoms with Gasteiger partial charge in [-0.2, -0.15) is 11.8 Å². The lowest BCUT2D eigenvalue weighted by Crippen LogP contribution is -2.25. The Morgan fingerprint density at radius 1 is 1.31 bits per heavy atom. The Morgan fingerprint density at radius 3 is 2.56 bits per heavy atom. The molecule has 0 aliphatic carbocycles. The fraction of sp³-hybridized carbons (Fsp3) is 0.750. The highest BCUT2D eigenvalue weighted by molar-refractivity contribution is 7.99. The molecule has 0 atom stereocenters. The van der Waals surface area contributed by atoms with Crippen molar-refractivity contribution >= 4 is 17.7 Å². The van der Waals surface area contributed by atoms with Gasteiger partial charge in [-0.05, 0) is 20.0 Å². The first kappa shape index (κ1) is 15.5. The second-order valence-corrected chi connectivity index (χ2v) is 4.41. The quantitative estimate of drug-likeness (QED) is 0.354. The SMILES string of the molecule is CCOC(=O)/C=C/CSCCN(CC)CC. The number of esters is 1. The predicted molar refractivity (Wildman–Crippen MR) is 70.9 cm³/mol. The van der Waals surface area contributed by atoms with Crippen LogP contribution in [0.4, 0.5) is 0 Å². The first-order valence-electron chi connectivity index (χ1n) is 5.87. The first-order valence-corrected chi connectivity index (χ1v) is 7.03. The second kappa shape index (κ2) is 11.0. The second-order valence-electron chi connectivity index (χ2n) is 3.26. The minimum absolute atomic E-state index is 0.244. The van der Waals surface area contributed by atoms with Crippen molar-refractivity contribution in [2.75, 3.05) is 37.7 Å². The van der Waals surface area contributed by atoms with Gasteiger partial charge in [-0.25, -0.2) is 4.79 Å². The van der Waals surface area contributed by atoms with Gasteiger partial charge in [-0.3, -0.25) is 0 Å². The van der Waals surface area contributed by atoms with E-state index in [1.165, 1.54) is 6.08 Å². The molecule has 0 saturated carbocycles. The predicted octanol–water partition coefficient (Wildman–Crippen LogP) is 2.18. The third kappa shape index (κ3) is 8.80. The molecule has 0 aromatic carbocycles. The monoisotopic (exact) mass is 245 g/mol. The van der Waals surface area contributed by atoms with Gasteiger partial charge in [-0.1, -0.05) is 19.9 Å². The van der Waals surface area contributed by atoms with E-state index in [1.54, 1.807) is 0 Å². The fourth-order valence-corrected chi connectivity index (χ4v) is 2.01. The van der Waals surface area contributed by atoms with Crippen molar-refractivity contribution in [2.45, 2.75) is 20.8 Å². The molecule has 0 fully saturated rings. The van der Waals surface area contributed by atoms with E-state index in [4.69, 9.17) is 4.74 Å². The average molecular weight is 245 g/mol. The average Bonchev–Trinajstić information content (AvgIpc) is 2.29. The van der Waals surface area contributed by atoms with Crippen LogP contribution >= 0.6 is 11.8 Å². The molecule has 0 unspecified atom stereocenters. The normalized spacial score (nSPS) is 11.2. The Balaban J connectivity index is 3.42. The van der Waals surface area contributed by atoms with E-state index in [-0.39, 0.29) is 5.97 Å². The first-order chi connectivity index (χ1) is 7.74. The van der Waals surface area contributed by atoms with Gasteiger partial charge >= 0.3 is 5.97 Å². The summed E-state index contributed by atoms with van der Waals surface area (Å²) in [5.41, 5.74) is 0. The van der Waals surface area contributed by atoms with Crippen LogP contribution in [0, 0.1) is 0 Å². The Labute approximate surface area is 103 Å². The molecule has 0 amide bonds. The van der Waals surface area contributed by atoms with E-state index >= 15 is 0 Å². The van der Waals surface area contributed by atoms with Gasteiger partial charge in [0.15, 0.2) is 0 Å². The molecule has 0 aliphatic rings. The molecule has 0 bridgehead atoms. The summed E-state index contributed by atoms with van der Waals surface area (Å²) in [6.45, 7) is 9.93. The molecule has 0 rings (SSSR count). The molecule has 0 N–H and O–H groups in total. The summed E-state index contributed by atoms with van der Waals surface area (Å²) in [4.78, 5) is 13.3. The van der Waals surface area contributed by atoms with E-state index in [0.717, 1.165) is 31.1 Å². The van der Waals surface area contributed by atoms with Gasteiger partial charge in [-0.15, -0.1) is 0 Å². The van der Waals surface area contributed by atoms with Gasteiger partial charge in [0.2, 0.25) is 0 Å². The van der Waals surface area contributed by atoms with Crippen molar-refractivity contribution in [3.05, 3.63) is 12.2 Å². The van der Waals surface area contributed by atoms with Gasteiger partial charge in [0, 0.05) is 24.1 Å². The van der Waals surface area contributed by atoms with Crippen LogP contribution in [0.2, 0.25) is 0 Å². The van der Waals surface area contributed by atoms with Gasteiger partial charge < -0.3 is 9.64 Å². The van der Waals surface area contributed by atoms with Crippen molar-refractivity contribution in [3.63, 3.8) is 0 Å². The number of nitrogens with zero attached hydrogens (tertiary/aromatic N) is 1. The number of thioether (sulfide) groups is 1. The Kier molecular flexibility index (Phi) is 10.7. The van der Waals surface area contributed by atoms with E-state index in [2.05, 4.69) is 18.7 Å². The summed E-state index contributed by atoms with van der Waals surface area (Å²) in [7, 11) is 0. The van der Waals surface area contributed by atoms with Crippen molar-refractivity contribution in [1.29, 1.82) is 0 Å². The van der Waals surface area contributed by atoms with Crippen LogP contribution in [0.25, 0.3) is 0 Å². The number of ether oxygens (including phenoxy) is 1. The standard InChI is InChI=1S/C12H23NO2S/c1-4-13(5-2)9-11-16-10-7-8-12(14)15-6-3/h7-8H,4-6,9-11H2,1-3H3/b8-7+. The third-order valence-electron chi connectivity index (χ3n) is 2.20. The number of hydrogen-bond donors (Lipinski definition) is 0. The summed E-state index contributed by atoms with van der Waals surface area (Å²) >= 11 is 1.84. The van der Waals surface area contributed by atoms with Gasteiger partial charge in [0.05, 0.1) is 6.61 Å². The van der Waals surface area contributed by atoms with E-state index in [0.29, 0.717) is 6.61 Å². The molecular formula is C12H23NO2S. The largest absolute Gasteiger partial charge is 0.463 e. The summed E-state index contributed by atoms with van der Waals surface area (Å²) in [6, 6.07) is 0. The summed E-state index contributed by atoms with van der Waals surface area (Å²) in [6.07, 6.45) is 3.37. The van der Waals surface area contributed by atoms with Crippen LogP contribution in [-0.2, 0) is 9.53 Å². The molecule has 0 spiro atoms. The highest BCUT2D eigenvalue weighted by atomic mass is 32.2. The van der Waals surface area contributed by atoms with Crippen LogP contribution in [0.15, 0.2) is 12.2 Å². The lowest BCUT2D eigenvalue weighted by Gasteiger charge is -2.16. The zero-order chi connectivity index (χ0) is 12.2. The number of hydrogen-bond acceptors (Lipinski definition) is 4. The molecule has 3 nitrogen and oxygen atoms in total. The Hall–Kier alpha value is -0.480. The van der Waals surface area contributed by atoms with Crippen LogP contribution in [0.5, 0.6) is 0 Å². The van der Waals surface area contributed by atoms with Crippen LogP contribution in [0.1, 0.15) is 20.8 Å². The van der Waals surface area contributed by atoms with Crippen LogP contribution in [-0.4, -0.2) is 48.6 Å². The topological polar surface area (TPSA) is 29.5 Å². The molecule has 94 valence electrons. The maximum Gasteiger partial charge on any atom is 0.330 e. The minimum Gasteiger partial charge on any atom is -0.463 e. The molecule has 0 saturated heterocycles. The van der Waals surface area contributed by atoms with E-state index in [1.807, 2.05) is 24.8 Å². The Morgan fingerprint density at radius 2 is 2.00 bits per heavy atom. The van der Waals surface area contributed by atoms with Crippen molar-refractivity contribution in [2.24, 2.45) is 0 Å². The summed E-state index contributed by atoms with van der Waals surface area (Å²) in [5.74, 6) is 1.74. The summed E-state index contributed by atoms with van der Waals surface area (Å²) in [5, 5.41) is 0. The molecule has 0 aromatic heterocycles. The molecule has 0 heterocycles. The van der Waals surface area contributed by atoms with Crippen molar-refractivity contribution < 1.29 is 9.53 Å².